The Morgan fingerprint density at radius 3 is 2.48 bits per heavy atom. The first-order valence-corrected chi connectivity index (χ1v) is 9.02. The standard InChI is InChI=1S/C19H17BrN2O2S/c1-11(2)13-4-6-14(7-5-13)22-18(24)16(21-19(22)25)10-12-3-8-17(23)15(20)9-12/h3-11,23H,1-2H3,(H,21,25)/b16-10+. The number of phenols is 1. The smallest absolute Gasteiger partial charge is 0.281 e. The van der Waals surface area contributed by atoms with Gasteiger partial charge in [-0.25, -0.2) is 0 Å². The summed E-state index contributed by atoms with van der Waals surface area (Å²) in [5.74, 6) is 0.374. The molecule has 0 bridgehead atoms. The Balaban J connectivity index is 1.89. The Bertz CT molecular complexity index is 875. The van der Waals surface area contributed by atoms with Crippen molar-refractivity contribution < 1.29 is 9.90 Å². The van der Waals surface area contributed by atoms with Gasteiger partial charge < -0.3 is 10.4 Å². The number of anilines is 1. The van der Waals surface area contributed by atoms with Crippen LogP contribution in [0.1, 0.15) is 30.9 Å². The van der Waals surface area contributed by atoms with Crippen LogP contribution in [0.25, 0.3) is 6.08 Å². The molecule has 2 aromatic rings. The van der Waals surface area contributed by atoms with E-state index in [0.717, 1.165) is 11.3 Å². The normalized spacial score (nSPS) is 16.0. The van der Waals surface area contributed by atoms with E-state index in [1.54, 1.807) is 24.3 Å². The third-order valence-electron chi connectivity index (χ3n) is 3.98. The van der Waals surface area contributed by atoms with Crippen molar-refractivity contribution >= 4 is 50.9 Å². The van der Waals surface area contributed by atoms with Gasteiger partial charge in [0.2, 0.25) is 0 Å². The largest absolute Gasteiger partial charge is 0.507 e. The average Bonchev–Trinajstić information content (AvgIpc) is 2.85. The molecule has 0 aromatic heterocycles. The summed E-state index contributed by atoms with van der Waals surface area (Å²) in [6, 6.07) is 12.9. The number of nitrogens with one attached hydrogen (secondary N) is 1. The third kappa shape index (κ3) is 3.60. The molecule has 0 spiro atoms. The molecule has 3 rings (SSSR count). The highest BCUT2D eigenvalue weighted by Gasteiger charge is 2.31. The van der Waals surface area contributed by atoms with Crippen LogP contribution in [-0.4, -0.2) is 16.1 Å². The van der Waals surface area contributed by atoms with Gasteiger partial charge >= 0.3 is 0 Å². The lowest BCUT2D eigenvalue weighted by molar-refractivity contribution is -0.113. The maximum Gasteiger partial charge on any atom is 0.281 e. The monoisotopic (exact) mass is 416 g/mol. The van der Waals surface area contributed by atoms with Crippen LogP contribution in [0.5, 0.6) is 5.75 Å². The maximum atomic E-state index is 12.7. The lowest BCUT2D eigenvalue weighted by atomic mass is 10.0. The van der Waals surface area contributed by atoms with E-state index in [1.165, 1.54) is 10.5 Å². The molecule has 1 saturated heterocycles. The number of carbonyl (C=O) groups is 1. The van der Waals surface area contributed by atoms with Crippen LogP contribution < -0.4 is 10.2 Å². The summed E-state index contributed by atoms with van der Waals surface area (Å²) in [6.07, 6.45) is 1.71. The van der Waals surface area contributed by atoms with Crippen LogP contribution >= 0.6 is 28.1 Å². The van der Waals surface area contributed by atoms with Crippen LogP contribution in [-0.2, 0) is 4.79 Å². The lowest BCUT2D eigenvalue weighted by Crippen LogP contribution is -2.30. The number of aromatic hydroxyl groups is 1. The minimum absolute atomic E-state index is 0.148. The predicted octanol–water partition coefficient (Wildman–Crippen LogP) is 4.54. The Labute approximate surface area is 160 Å². The van der Waals surface area contributed by atoms with Gasteiger partial charge in [0.25, 0.3) is 5.91 Å². The van der Waals surface area contributed by atoms with Gasteiger partial charge in [-0.2, -0.15) is 0 Å². The van der Waals surface area contributed by atoms with Gasteiger partial charge in [-0.3, -0.25) is 9.69 Å². The van der Waals surface area contributed by atoms with E-state index in [0.29, 0.717) is 21.2 Å². The fourth-order valence-corrected chi connectivity index (χ4v) is 3.25. The minimum atomic E-state index is -0.202. The maximum absolute atomic E-state index is 12.7. The summed E-state index contributed by atoms with van der Waals surface area (Å²) >= 11 is 8.60. The first kappa shape index (κ1) is 17.6. The molecule has 6 heteroatoms. The average molecular weight is 417 g/mol. The molecule has 2 aromatic carbocycles. The quantitative estimate of drug-likeness (QED) is 0.569. The number of hydrogen-bond acceptors (Lipinski definition) is 3. The SMILES string of the molecule is CC(C)c1ccc(N2C(=O)/C(=C\c3ccc(O)c(Br)c3)NC2=S)cc1. The highest BCUT2D eigenvalue weighted by atomic mass is 79.9. The fourth-order valence-electron chi connectivity index (χ4n) is 2.56. The third-order valence-corrected chi connectivity index (χ3v) is 4.90. The summed E-state index contributed by atoms with van der Waals surface area (Å²) in [5.41, 5.74) is 3.12. The number of halogens is 1. The number of nitrogens with zero attached hydrogens (tertiary/aromatic N) is 1. The Kier molecular flexibility index (Phi) is 4.92. The van der Waals surface area contributed by atoms with Gasteiger partial charge in [-0.05, 0) is 75.5 Å². The first-order chi connectivity index (χ1) is 11.9. The first-order valence-electron chi connectivity index (χ1n) is 7.82. The topological polar surface area (TPSA) is 52.6 Å². The number of thiocarbonyl (C=S) groups is 1. The number of rotatable bonds is 3. The molecule has 1 aliphatic rings. The van der Waals surface area contributed by atoms with E-state index in [9.17, 15) is 9.90 Å². The van der Waals surface area contributed by atoms with E-state index in [2.05, 4.69) is 35.1 Å². The van der Waals surface area contributed by atoms with Crippen LogP contribution in [0.3, 0.4) is 0 Å². The summed E-state index contributed by atoms with van der Waals surface area (Å²) < 4.78 is 0.566. The van der Waals surface area contributed by atoms with Crippen LogP contribution in [0, 0.1) is 0 Å². The molecule has 0 saturated carbocycles. The predicted molar refractivity (Wildman–Crippen MR) is 108 cm³/mol. The Hall–Kier alpha value is -2.18. The molecule has 0 atom stereocenters. The molecule has 2 N–H and O–H groups in total. The van der Waals surface area contributed by atoms with Gasteiger partial charge in [-0.1, -0.05) is 32.0 Å². The lowest BCUT2D eigenvalue weighted by Gasteiger charge is -2.15. The van der Waals surface area contributed by atoms with E-state index in [-0.39, 0.29) is 11.7 Å². The number of carbonyl (C=O) groups excluding carboxylic acids is 1. The second-order valence-electron chi connectivity index (χ2n) is 6.09. The molecular weight excluding hydrogens is 400 g/mol. The molecule has 1 amide bonds. The molecule has 0 aliphatic carbocycles. The Morgan fingerprint density at radius 1 is 1.20 bits per heavy atom. The Morgan fingerprint density at radius 2 is 1.88 bits per heavy atom. The van der Waals surface area contributed by atoms with Gasteiger partial charge in [0.15, 0.2) is 5.11 Å². The van der Waals surface area contributed by atoms with Gasteiger partial charge in [-0.15, -0.1) is 0 Å². The van der Waals surface area contributed by atoms with Crippen molar-refractivity contribution in [2.24, 2.45) is 0 Å². The highest BCUT2D eigenvalue weighted by molar-refractivity contribution is 9.10. The van der Waals surface area contributed by atoms with Crippen molar-refractivity contribution in [3.63, 3.8) is 0 Å². The van der Waals surface area contributed by atoms with Crippen molar-refractivity contribution in [1.82, 2.24) is 5.32 Å². The summed E-state index contributed by atoms with van der Waals surface area (Å²) in [7, 11) is 0. The van der Waals surface area contributed by atoms with Crippen LogP contribution in [0.4, 0.5) is 5.69 Å². The molecule has 4 nitrogen and oxygen atoms in total. The molecule has 1 fully saturated rings. The zero-order valence-corrected chi connectivity index (χ0v) is 16.2. The van der Waals surface area contributed by atoms with Crippen molar-refractivity contribution in [1.29, 1.82) is 0 Å². The fraction of sp³-hybridized carbons (Fsp3) is 0.158. The van der Waals surface area contributed by atoms with Crippen molar-refractivity contribution in [2.75, 3.05) is 4.90 Å². The van der Waals surface area contributed by atoms with Gasteiger partial charge in [0, 0.05) is 0 Å². The van der Waals surface area contributed by atoms with Gasteiger partial charge in [0.05, 0.1) is 10.2 Å². The van der Waals surface area contributed by atoms with E-state index in [1.807, 2.05) is 24.3 Å². The van der Waals surface area contributed by atoms with E-state index < -0.39 is 0 Å². The molecule has 128 valence electrons. The number of phenolic OH excluding ortho intramolecular Hbond substituents is 1. The second-order valence-corrected chi connectivity index (χ2v) is 7.33. The molecule has 1 aliphatic heterocycles. The van der Waals surface area contributed by atoms with Crippen molar-refractivity contribution in [3.05, 3.63) is 63.8 Å². The number of hydrogen-bond donors (Lipinski definition) is 2. The summed E-state index contributed by atoms with van der Waals surface area (Å²) in [4.78, 5) is 14.2. The van der Waals surface area contributed by atoms with Crippen LogP contribution in [0.2, 0.25) is 0 Å². The molecule has 1 heterocycles. The van der Waals surface area contributed by atoms with Crippen molar-refractivity contribution in [3.8, 4) is 5.75 Å². The van der Waals surface area contributed by atoms with Crippen LogP contribution in [0.15, 0.2) is 52.6 Å². The summed E-state index contributed by atoms with van der Waals surface area (Å²) in [6.45, 7) is 4.25. The molecule has 0 radical (unpaired) electrons. The highest BCUT2D eigenvalue weighted by Crippen LogP contribution is 2.27. The molecule has 0 unspecified atom stereocenters. The van der Waals surface area contributed by atoms with E-state index >= 15 is 0 Å². The number of benzene rings is 2. The summed E-state index contributed by atoms with van der Waals surface area (Å²) in [5, 5.41) is 12.9. The number of amides is 1. The van der Waals surface area contributed by atoms with Gasteiger partial charge in [0.1, 0.15) is 11.4 Å². The molecule has 25 heavy (non-hydrogen) atoms. The van der Waals surface area contributed by atoms with Crippen molar-refractivity contribution in [2.45, 2.75) is 19.8 Å². The minimum Gasteiger partial charge on any atom is -0.507 e. The van der Waals surface area contributed by atoms with E-state index in [4.69, 9.17) is 12.2 Å². The zero-order valence-electron chi connectivity index (χ0n) is 13.8. The molecular formula is C19H17BrN2O2S. The zero-order chi connectivity index (χ0) is 18.1. The second kappa shape index (κ2) is 6.98.